The van der Waals surface area contributed by atoms with Crippen LogP contribution < -0.4 is 5.32 Å². The molecule has 5 atom stereocenters. The first-order valence-electron chi connectivity index (χ1n) is 10.0. The monoisotopic (exact) mass is 491 g/mol. The molecule has 0 bridgehead atoms. The van der Waals surface area contributed by atoms with E-state index in [0.717, 1.165) is 20.8 Å². The van der Waals surface area contributed by atoms with E-state index in [-0.39, 0.29) is 6.61 Å². The number of carbonyl (C=O) groups excluding carboxylic acids is 4. The summed E-state index contributed by atoms with van der Waals surface area (Å²) in [5.41, 5.74) is 0.655. The average Bonchev–Trinajstić information content (AvgIpc) is 2.73. The number of carbonyl (C=O) groups is 4. The first kappa shape index (κ1) is 27.1. The van der Waals surface area contributed by atoms with Gasteiger partial charge < -0.3 is 29.0 Å². The Bertz CT molecular complexity index is 878. The van der Waals surface area contributed by atoms with Crippen LogP contribution in [0.1, 0.15) is 26.3 Å². The first-order chi connectivity index (χ1) is 15.9. The Morgan fingerprint density at radius 3 is 2.06 bits per heavy atom. The molecule has 1 fully saturated rings. The van der Waals surface area contributed by atoms with Crippen LogP contribution in [0.25, 0.3) is 0 Å². The molecule has 0 unspecified atom stereocenters. The summed E-state index contributed by atoms with van der Waals surface area (Å²) in [6.07, 6.45) is -11.4. The van der Waals surface area contributed by atoms with Crippen molar-refractivity contribution in [1.82, 2.24) is 5.32 Å². The second kappa shape index (κ2) is 11.8. The second-order valence-electron chi connectivity index (χ2n) is 7.29. The van der Waals surface area contributed by atoms with E-state index < -0.39 is 67.2 Å². The number of alkyl halides is 3. The van der Waals surface area contributed by atoms with Crippen molar-refractivity contribution in [3.05, 3.63) is 35.9 Å². The van der Waals surface area contributed by atoms with Gasteiger partial charge in [-0.3, -0.25) is 19.2 Å². The van der Waals surface area contributed by atoms with Crippen molar-refractivity contribution in [2.45, 2.75) is 64.2 Å². The number of nitrogens with one attached hydrogen (secondary N) is 1. The molecule has 1 aromatic carbocycles. The maximum Gasteiger partial charge on any atom is 0.471 e. The molecule has 1 aliphatic rings. The van der Waals surface area contributed by atoms with Gasteiger partial charge in [0.1, 0.15) is 18.8 Å². The van der Waals surface area contributed by atoms with E-state index in [0.29, 0.717) is 5.56 Å². The molecule has 13 heteroatoms. The van der Waals surface area contributed by atoms with Gasteiger partial charge in [0, 0.05) is 20.8 Å². The molecule has 1 saturated heterocycles. The zero-order valence-electron chi connectivity index (χ0n) is 18.5. The molecule has 0 aliphatic carbocycles. The smallest absolute Gasteiger partial charge is 0.463 e. The van der Waals surface area contributed by atoms with Crippen molar-refractivity contribution in [1.29, 1.82) is 0 Å². The summed E-state index contributed by atoms with van der Waals surface area (Å²) in [6, 6.07) is 6.84. The van der Waals surface area contributed by atoms with Crippen LogP contribution in [-0.2, 0) is 49.5 Å². The molecule has 34 heavy (non-hydrogen) atoms. The van der Waals surface area contributed by atoms with E-state index in [1.165, 1.54) is 0 Å². The van der Waals surface area contributed by atoms with Crippen molar-refractivity contribution in [3.8, 4) is 0 Å². The van der Waals surface area contributed by atoms with E-state index in [1.54, 1.807) is 35.6 Å². The first-order valence-corrected chi connectivity index (χ1v) is 10.0. The number of rotatable bonds is 8. The van der Waals surface area contributed by atoms with E-state index in [9.17, 15) is 32.3 Å². The molecule has 188 valence electrons. The summed E-state index contributed by atoms with van der Waals surface area (Å²) in [7, 11) is 0. The number of hydrogen-bond acceptors (Lipinski definition) is 9. The highest BCUT2D eigenvalue weighted by Crippen LogP contribution is 2.29. The minimum Gasteiger partial charge on any atom is -0.463 e. The minimum absolute atomic E-state index is 0.109. The fraction of sp³-hybridized carbons (Fsp3) is 0.524. The van der Waals surface area contributed by atoms with Gasteiger partial charge in [-0.25, -0.2) is 0 Å². The maximum absolute atomic E-state index is 13.0. The lowest BCUT2D eigenvalue weighted by Crippen LogP contribution is -2.68. The third kappa shape index (κ3) is 7.99. The number of benzene rings is 1. The molecule has 1 amide bonds. The Hall–Kier alpha value is -3.19. The van der Waals surface area contributed by atoms with E-state index >= 15 is 0 Å². The lowest BCUT2D eigenvalue weighted by molar-refractivity contribution is -0.289. The van der Waals surface area contributed by atoms with Crippen LogP contribution in [0.15, 0.2) is 30.3 Å². The Kier molecular flexibility index (Phi) is 9.38. The van der Waals surface area contributed by atoms with Gasteiger partial charge in [0.05, 0.1) is 6.61 Å². The predicted octanol–water partition coefficient (Wildman–Crippen LogP) is 1.40. The summed E-state index contributed by atoms with van der Waals surface area (Å²) in [5, 5.41) is 1.70. The second-order valence-corrected chi connectivity index (χ2v) is 7.29. The number of esters is 3. The maximum atomic E-state index is 13.0. The normalized spacial score (nSPS) is 24.6. The molecule has 1 aliphatic heterocycles. The van der Waals surface area contributed by atoms with Gasteiger partial charge >= 0.3 is 30.0 Å². The predicted molar refractivity (Wildman–Crippen MR) is 106 cm³/mol. The topological polar surface area (TPSA) is 126 Å². The van der Waals surface area contributed by atoms with Gasteiger partial charge in [0.25, 0.3) is 0 Å². The largest absolute Gasteiger partial charge is 0.471 e. The van der Waals surface area contributed by atoms with Crippen LogP contribution in [0.3, 0.4) is 0 Å². The summed E-state index contributed by atoms with van der Waals surface area (Å²) < 4.78 is 65.6. The summed E-state index contributed by atoms with van der Waals surface area (Å²) in [4.78, 5) is 46.5. The van der Waals surface area contributed by atoms with Gasteiger partial charge in [0.2, 0.25) is 0 Å². The highest BCUT2D eigenvalue weighted by Gasteiger charge is 2.53. The molecule has 2 rings (SSSR count). The van der Waals surface area contributed by atoms with E-state index in [2.05, 4.69) is 0 Å². The van der Waals surface area contributed by atoms with Crippen LogP contribution in [-0.4, -0.2) is 67.2 Å². The molecule has 10 nitrogen and oxygen atoms in total. The van der Waals surface area contributed by atoms with Crippen LogP contribution in [0.5, 0.6) is 0 Å². The van der Waals surface area contributed by atoms with E-state index in [1.807, 2.05) is 0 Å². The lowest BCUT2D eigenvalue weighted by atomic mass is 9.95. The zero-order valence-corrected chi connectivity index (χ0v) is 18.5. The standard InChI is InChI=1S/C21H24F3NO9/c1-11(26)30-10-15-17(32-12(2)27)16(25-20(29)21(22,23)24)18(33-13(3)28)19(34-15)31-9-14-7-5-4-6-8-14/h4-8,15-19H,9-10H2,1-3H3,(H,25,29)/t15-,16-,17-,18-,19-/m0/s1. The van der Waals surface area contributed by atoms with Crippen molar-refractivity contribution >= 4 is 23.8 Å². The molecule has 0 radical (unpaired) electrons. The molecular weight excluding hydrogens is 467 g/mol. The number of halogens is 3. The van der Waals surface area contributed by atoms with Crippen molar-refractivity contribution in [3.63, 3.8) is 0 Å². The highest BCUT2D eigenvalue weighted by molar-refractivity contribution is 5.82. The third-order valence-electron chi connectivity index (χ3n) is 4.52. The van der Waals surface area contributed by atoms with Gasteiger partial charge in [-0.15, -0.1) is 0 Å². The highest BCUT2D eigenvalue weighted by atomic mass is 19.4. The van der Waals surface area contributed by atoms with Crippen LogP contribution >= 0.6 is 0 Å². The van der Waals surface area contributed by atoms with Crippen molar-refractivity contribution < 1.29 is 56.0 Å². The SMILES string of the molecule is CC(=O)OC[C@@H]1O[C@H](OCc2ccccc2)[C@@H](OC(C)=O)[C@@H](NC(=O)C(F)(F)F)[C@H]1OC(C)=O. The van der Waals surface area contributed by atoms with Crippen molar-refractivity contribution in [2.75, 3.05) is 6.61 Å². The van der Waals surface area contributed by atoms with E-state index in [4.69, 9.17) is 23.7 Å². The summed E-state index contributed by atoms with van der Waals surface area (Å²) in [5.74, 6) is -4.97. The summed E-state index contributed by atoms with van der Waals surface area (Å²) in [6.45, 7) is 2.38. The molecule has 0 aromatic heterocycles. The molecule has 1 aromatic rings. The van der Waals surface area contributed by atoms with Gasteiger partial charge in [0.15, 0.2) is 18.5 Å². The van der Waals surface area contributed by atoms with Crippen molar-refractivity contribution in [2.24, 2.45) is 0 Å². The Morgan fingerprint density at radius 1 is 0.941 bits per heavy atom. The Labute approximate surface area is 192 Å². The number of ether oxygens (including phenoxy) is 5. The van der Waals surface area contributed by atoms with Gasteiger partial charge in [-0.2, -0.15) is 13.2 Å². The van der Waals surface area contributed by atoms with Crippen LogP contribution in [0.2, 0.25) is 0 Å². The molecule has 1 heterocycles. The van der Waals surface area contributed by atoms with Crippen LogP contribution in [0.4, 0.5) is 13.2 Å². The minimum atomic E-state index is -5.30. The average molecular weight is 491 g/mol. The molecule has 0 spiro atoms. The van der Waals surface area contributed by atoms with Gasteiger partial charge in [-0.05, 0) is 5.56 Å². The third-order valence-corrected chi connectivity index (χ3v) is 4.52. The Balaban J connectivity index is 2.43. The lowest BCUT2D eigenvalue weighted by Gasteiger charge is -2.45. The molecule has 1 N–H and O–H groups in total. The fourth-order valence-electron chi connectivity index (χ4n) is 3.19. The number of hydrogen-bond donors (Lipinski definition) is 1. The quantitative estimate of drug-likeness (QED) is 0.424. The van der Waals surface area contributed by atoms with Crippen LogP contribution in [0, 0.1) is 0 Å². The molecule has 0 saturated carbocycles. The van der Waals surface area contributed by atoms with Gasteiger partial charge in [-0.1, -0.05) is 30.3 Å². The zero-order chi connectivity index (χ0) is 25.5. The molecular formula is C21H24F3NO9. The Morgan fingerprint density at radius 2 is 1.53 bits per heavy atom. The number of amides is 1. The fourth-order valence-corrected chi connectivity index (χ4v) is 3.19. The summed E-state index contributed by atoms with van der Waals surface area (Å²) >= 11 is 0.